The van der Waals surface area contributed by atoms with Gasteiger partial charge < -0.3 is 10.2 Å². The van der Waals surface area contributed by atoms with E-state index < -0.39 is 0 Å². The van der Waals surface area contributed by atoms with Gasteiger partial charge in [-0.25, -0.2) is 9.97 Å². The zero-order valence-corrected chi connectivity index (χ0v) is 14.0. The fraction of sp³-hybridized carbons (Fsp3) is 0.750. The number of hydrogen-bond donors (Lipinski definition) is 1. The third-order valence-corrected chi connectivity index (χ3v) is 3.34. The van der Waals surface area contributed by atoms with Crippen LogP contribution in [0.1, 0.15) is 58.8 Å². The molecule has 1 heterocycles. The molecule has 1 N–H and O–H groups in total. The van der Waals surface area contributed by atoms with Gasteiger partial charge in [0.2, 0.25) is 0 Å². The van der Waals surface area contributed by atoms with Crippen molar-refractivity contribution in [3.05, 3.63) is 11.4 Å². The van der Waals surface area contributed by atoms with Crippen LogP contribution in [-0.4, -0.2) is 29.1 Å². The summed E-state index contributed by atoms with van der Waals surface area (Å²) < 4.78 is 0. The Morgan fingerprint density at radius 3 is 2.30 bits per heavy atom. The molecule has 114 valence electrons. The number of aromatic nitrogens is 2. The van der Waals surface area contributed by atoms with E-state index in [9.17, 15) is 0 Å². The number of nitrogens with zero attached hydrogens (tertiary/aromatic N) is 3. The molecule has 0 aromatic carbocycles. The minimum absolute atomic E-state index is 0.451. The van der Waals surface area contributed by atoms with E-state index in [1.165, 1.54) is 0 Å². The van der Waals surface area contributed by atoms with Crippen molar-refractivity contribution >= 4 is 11.6 Å². The summed E-state index contributed by atoms with van der Waals surface area (Å²) in [6.45, 7) is 15.0. The summed E-state index contributed by atoms with van der Waals surface area (Å²) in [6.07, 6.45) is 3.13. The van der Waals surface area contributed by atoms with Gasteiger partial charge in [-0.1, -0.05) is 13.8 Å². The summed E-state index contributed by atoms with van der Waals surface area (Å²) in [5.74, 6) is 3.03. The van der Waals surface area contributed by atoms with Crippen LogP contribution in [-0.2, 0) is 6.42 Å². The number of aryl methyl sites for hydroxylation is 1. The maximum atomic E-state index is 4.82. The minimum Gasteiger partial charge on any atom is -0.370 e. The van der Waals surface area contributed by atoms with Gasteiger partial charge in [-0.05, 0) is 40.5 Å². The average molecular weight is 278 g/mol. The molecule has 0 amide bonds. The third kappa shape index (κ3) is 4.09. The molecule has 0 saturated heterocycles. The lowest BCUT2D eigenvalue weighted by Gasteiger charge is -2.30. The van der Waals surface area contributed by atoms with Crippen LogP contribution in [0.4, 0.5) is 11.6 Å². The zero-order valence-electron chi connectivity index (χ0n) is 14.0. The van der Waals surface area contributed by atoms with Gasteiger partial charge in [0.15, 0.2) is 0 Å². The molecule has 1 aromatic rings. The number of hydrogen-bond acceptors (Lipinski definition) is 4. The molecule has 0 aliphatic heterocycles. The third-order valence-electron chi connectivity index (χ3n) is 3.34. The molecule has 0 spiro atoms. The summed E-state index contributed by atoms with van der Waals surface area (Å²) in [4.78, 5) is 11.9. The van der Waals surface area contributed by atoms with Gasteiger partial charge in [0.25, 0.3) is 0 Å². The normalized spacial score (nSPS) is 10.9. The maximum Gasteiger partial charge on any atom is 0.137 e. The highest BCUT2D eigenvalue weighted by molar-refractivity contribution is 5.59. The quantitative estimate of drug-likeness (QED) is 0.785. The Morgan fingerprint density at radius 1 is 1.10 bits per heavy atom. The smallest absolute Gasteiger partial charge is 0.137 e. The Labute approximate surface area is 124 Å². The molecule has 0 bridgehead atoms. The van der Waals surface area contributed by atoms with Gasteiger partial charge in [0, 0.05) is 31.1 Å². The second-order valence-electron chi connectivity index (χ2n) is 5.50. The highest BCUT2D eigenvalue weighted by atomic mass is 15.2. The Balaban J connectivity index is 3.26. The molecule has 0 aliphatic rings. The largest absolute Gasteiger partial charge is 0.370 e. The molecular weight excluding hydrogens is 248 g/mol. The Bertz CT molecular complexity index is 415. The molecule has 0 aliphatic carbocycles. The van der Waals surface area contributed by atoms with Crippen molar-refractivity contribution in [1.29, 1.82) is 0 Å². The van der Waals surface area contributed by atoms with E-state index in [1.54, 1.807) is 0 Å². The van der Waals surface area contributed by atoms with Crippen LogP contribution in [0, 0.1) is 6.92 Å². The second kappa shape index (κ2) is 8.08. The van der Waals surface area contributed by atoms with Crippen molar-refractivity contribution in [2.45, 2.75) is 66.8 Å². The monoisotopic (exact) mass is 278 g/mol. The van der Waals surface area contributed by atoms with Crippen LogP contribution < -0.4 is 10.2 Å². The minimum atomic E-state index is 0.451. The fourth-order valence-corrected chi connectivity index (χ4v) is 2.35. The van der Waals surface area contributed by atoms with Gasteiger partial charge in [-0.2, -0.15) is 0 Å². The van der Waals surface area contributed by atoms with E-state index in [1.807, 2.05) is 0 Å². The van der Waals surface area contributed by atoms with Crippen LogP contribution in [0.3, 0.4) is 0 Å². The number of nitrogens with one attached hydrogen (secondary N) is 1. The van der Waals surface area contributed by atoms with Crippen LogP contribution in [0.2, 0.25) is 0 Å². The lowest BCUT2D eigenvalue weighted by Crippen LogP contribution is -2.33. The average Bonchev–Trinajstić information content (AvgIpc) is 2.40. The molecule has 4 nitrogen and oxygen atoms in total. The second-order valence-corrected chi connectivity index (χ2v) is 5.50. The van der Waals surface area contributed by atoms with E-state index in [0.717, 1.165) is 55.4 Å². The van der Waals surface area contributed by atoms with E-state index in [2.05, 4.69) is 56.7 Å². The van der Waals surface area contributed by atoms with E-state index >= 15 is 0 Å². The van der Waals surface area contributed by atoms with Crippen molar-refractivity contribution in [2.75, 3.05) is 23.3 Å². The standard InChI is InChI=1S/C16H30N4/c1-7-10-14-18-15(17-9-3)13(6)16(19-14)20(11-8-2)12(4)5/h12H,7-11H2,1-6H3,(H,17,18,19). The molecule has 0 saturated carbocycles. The van der Waals surface area contributed by atoms with Gasteiger partial charge in [0.05, 0.1) is 0 Å². The first kappa shape index (κ1) is 16.7. The van der Waals surface area contributed by atoms with Crippen molar-refractivity contribution in [3.63, 3.8) is 0 Å². The first-order chi connectivity index (χ1) is 9.54. The summed E-state index contributed by atoms with van der Waals surface area (Å²) in [5, 5.41) is 3.37. The molecule has 0 unspecified atom stereocenters. The highest BCUT2D eigenvalue weighted by Gasteiger charge is 2.18. The van der Waals surface area contributed by atoms with E-state index in [0.29, 0.717) is 6.04 Å². The summed E-state index contributed by atoms with van der Waals surface area (Å²) >= 11 is 0. The predicted octanol–water partition coefficient (Wildman–Crippen LogP) is 3.79. The molecule has 1 rings (SSSR count). The molecule has 4 heteroatoms. The van der Waals surface area contributed by atoms with E-state index in [-0.39, 0.29) is 0 Å². The van der Waals surface area contributed by atoms with Gasteiger partial charge >= 0.3 is 0 Å². The fourth-order valence-electron chi connectivity index (χ4n) is 2.35. The predicted molar refractivity (Wildman–Crippen MR) is 87.7 cm³/mol. The van der Waals surface area contributed by atoms with Crippen LogP contribution in [0.15, 0.2) is 0 Å². The van der Waals surface area contributed by atoms with Crippen LogP contribution in [0.25, 0.3) is 0 Å². The van der Waals surface area contributed by atoms with Crippen molar-refractivity contribution in [3.8, 4) is 0 Å². The van der Waals surface area contributed by atoms with Gasteiger partial charge in [0.1, 0.15) is 17.5 Å². The number of rotatable bonds is 8. The summed E-state index contributed by atoms with van der Waals surface area (Å²) in [7, 11) is 0. The van der Waals surface area contributed by atoms with Crippen molar-refractivity contribution in [2.24, 2.45) is 0 Å². The number of anilines is 2. The summed E-state index contributed by atoms with van der Waals surface area (Å²) in [6, 6.07) is 0.451. The molecular formula is C16H30N4. The Hall–Kier alpha value is -1.32. The molecule has 1 aromatic heterocycles. The first-order valence-corrected chi connectivity index (χ1v) is 7.93. The first-order valence-electron chi connectivity index (χ1n) is 7.93. The van der Waals surface area contributed by atoms with Crippen LogP contribution >= 0.6 is 0 Å². The lowest BCUT2D eigenvalue weighted by molar-refractivity contribution is 0.654. The zero-order chi connectivity index (χ0) is 15.1. The van der Waals surface area contributed by atoms with Gasteiger partial charge in [-0.15, -0.1) is 0 Å². The van der Waals surface area contributed by atoms with Crippen molar-refractivity contribution < 1.29 is 0 Å². The highest BCUT2D eigenvalue weighted by Crippen LogP contribution is 2.25. The summed E-state index contributed by atoms with van der Waals surface area (Å²) in [5.41, 5.74) is 1.16. The van der Waals surface area contributed by atoms with Crippen molar-refractivity contribution in [1.82, 2.24) is 9.97 Å². The van der Waals surface area contributed by atoms with Crippen LogP contribution in [0.5, 0.6) is 0 Å². The van der Waals surface area contributed by atoms with Gasteiger partial charge in [-0.3, -0.25) is 0 Å². The molecule has 0 atom stereocenters. The lowest BCUT2D eigenvalue weighted by atomic mass is 10.2. The molecule has 0 radical (unpaired) electrons. The topological polar surface area (TPSA) is 41.1 Å². The van der Waals surface area contributed by atoms with E-state index in [4.69, 9.17) is 4.98 Å². The SMILES string of the molecule is CCCc1nc(NCC)c(C)c(N(CCC)C(C)C)n1. The Morgan fingerprint density at radius 2 is 1.80 bits per heavy atom. The molecule has 20 heavy (non-hydrogen) atoms. The Kier molecular flexibility index (Phi) is 6.76. The maximum absolute atomic E-state index is 4.82. The molecule has 0 fully saturated rings.